The zero-order valence-corrected chi connectivity index (χ0v) is 31.3. The van der Waals surface area contributed by atoms with Crippen LogP contribution in [0, 0.1) is 27.7 Å². The first kappa shape index (κ1) is 38.6. The van der Waals surface area contributed by atoms with Crippen LogP contribution in [-0.2, 0) is 9.59 Å². The second-order valence-electron chi connectivity index (χ2n) is 13.9. The number of hydrogen-bond acceptors (Lipinski definition) is 6. The van der Waals surface area contributed by atoms with Crippen molar-refractivity contribution in [2.75, 3.05) is 11.1 Å². The molecule has 2 aliphatic rings. The summed E-state index contributed by atoms with van der Waals surface area (Å²) in [5, 5.41) is 6.14. The lowest BCUT2D eigenvalue weighted by molar-refractivity contribution is -0.120. The average Bonchev–Trinajstić information content (AvgIpc) is 3.06. The number of amides is 2. The van der Waals surface area contributed by atoms with Crippen LogP contribution in [0.5, 0.6) is 0 Å². The van der Waals surface area contributed by atoms with Crippen molar-refractivity contribution >= 4 is 46.0 Å². The molecule has 8 nitrogen and oxygen atoms in total. The third-order valence-corrected chi connectivity index (χ3v) is 9.36. The summed E-state index contributed by atoms with van der Waals surface area (Å²) >= 11 is 0. The Kier molecular flexibility index (Phi) is 13.3. The summed E-state index contributed by atoms with van der Waals surface area (Å²) in [5.41, 5.74) is 25.7. The molecule has 6 N–H and O–H groups in total. The van der Waals surface area contributed by atoms with Gasteiger partial charge in [0, 0.05) is 35.6 Å². The second kappa shape index (κ2) is 17.6. The summed E-state index contributed by atoms with van der Waals surface area (Å²) in [6.45, 7) is 20.1. The first-order valence-corrected chi connectivity index (χ1v) is 17.9. The molecule has 0 saturated heterocycles. The molecule has 0 atom stereocenters. The molecule has 0 saturated carbocycles. The molecule has 0 radical (unpaired) electrons. The Morgan fingerprint density at radius 2 is 1.08 bits per heavy atom. The van der Waals surface area contributed by atoms with E-state index < -0.39 is 0 Å². The number of anilines is 2. The molecule has 0 bridgehead atoms. The van der Waals surface area contributed by atoms with E-state index in [-0.39, 0.29) is 11.8 Å². The topological polar surface area (TPSA) is 135 Å². The van der Waals surface area contributed by atoms with Crippen molar-refractivity contribution in [3.05, 3.63) is 118 Å². The van der Waals surface area contributed by atoms with E-state index >= 15 is 0 Å². The fraction of sp³-hybridized carbons (Fsp3) is 0.349. The summed E-state index contributed by atoms with van der Waals surface area (Å²) in [4.78, 5) is 35.0. The molecule has 0 aliphatic heterocycles. The van der Waals surface area contributed by atoms with Gasteiger partial charge in [0.05, 0.1) is 22.8 Å². The summed E-state index contributed by atoms with van der Waals surface area (Å²) in [5.74, 6) is 0.0385. The maximum atomic E-state index is 12.7. The molecule has 2 aromatic rings. The lowest BCUT2D eigenvalue weighted by Gasteiger charge is -2.17. The number of carbonyl (C=O) groups is 2. The van der Waals surface area contributed by atoms with Crippen LogP contribution >= 0.6 is 0 Å². The molecule has 8 heteroatoms. The number of hydrogen-bond donors (Lipinski definition) is 4. The van der Waals surface area contributed by atoms with Gasteiger partial charge in [-0.25, -0.2) is 9.98 Å². The van der Waals surface area contributed by atoms with Crippen molar-refractivity contribution in [1.29, 1.82) is 0 Å². The molecular formula is C43H54N6O2. The molecular weight excluding hydrogens is 633 g/mol. The van der Waals surface area contributed by atoms with Crippen molar-refractivity contribution in [3.63, 3.8) is 0 Å². The van der Waals surface area contributed by atoms with Gasteiger partial charge >= 0.3 is 0 Å². The van der Waals surface area contributed by atoms with E-state index in [4.69, 9.17) is 21.5 Å². The van der Waals surface area contributed by atoms with Crippen LogP contribution in [0.25, 0.3) is 0 Å². The Hall–Kier alpha value is -5.24. The van der Waals surface area contributed by atoms with Gasteiger partial charge in [-0.05, 0) is 147 Å². The highest BCUT2D eigenvalue weighted by Gasteiger charge is 2.16. The second-order valence-corrected chi connectivity index (χ2v) is 13.9. The fourth-order valence-electron chi connectivity index (χ4n) is 5.98. The zero-order chi connectivity index (χ0) is 37.2. The molecule has 2 aliphatic carbocycles. The predicted octanol–water partition coefficient (Wildman–Crippen LogP) is 9.67. The number of nitrogens with two attached hydrogens (primary N) is 2. The molecule has 0 heterocycles. The Balaban J connectivity index is 1.11. The number of aliphatic imine (C=N–C) groups is 2. The fourth-order valence-corrected chi connectivity index (χ4v) is 5.98. The number of nitrogens with one attached hydrogen (secondary N) is 2. The van der Waals surface area contributed by atoms with Crippen LogP contribution in [0.3, 0.4) is 0 Å². The first-order chi connectivity index (χ1) is 24.2. The SMILES string of the molecule is C=C1C=C(NC(=O)CCCCCCCCCC(=O)Nc2cc(C)c(/N=C3/C=C(C)C(N)=CC3=C)cc2C)C(C)=C/C1=N/c1cc(C)c(N)cc1C. The van der Waals surface area contributed by atoms with E-state index in [9.17, 15) is 9.59 Å². The number of nitrogen functional groups attached to an aromatic ring is 1. The highest BCUT2D eigenvalue weighted by Crippen LogP contribution is 2.30. The molecule has 0 aromatic heterocycles. The van der Waals surface area contributed by atoms with Crippen molar-refractivity contribution in [2.45, 2.75) is 99.3 Å². The molecule has 268 valence electrons. The number of allylic oxidation sites excluding steroid dienone is 8. The number of nitrogens with zero attached hydrogens (tertiary/aromatic N) is 2. The Morgan fingerprint density at radius 3 is 1.69 bits per heavy atom. The van der Waals surface area contributed by atoms with Crippen molar-refractivity contribution in [1.82, 2.24) is 5.32 Å². The number of unbranched alkanes of at least 4 members (excludes halogenated alkanes) is 6. The maximum Gasteiger partial charge on any atom is 0.224 e. The van der Waals surface area contributed by atoms with E-state index in [1.54, 1.807) is 0 Å². The van der Waals surface area contributed by atoms with E-state index in [1.807, 2.05) is 90.1 Å². The number of carbonyl (C=O) groups excluding carboxylic acids is 2. The number of benzene rings is 2. The quantitative estimate of drug-likeness (QED) is 0.116. The van der Waals surface area contributed by atoms with Gasteiger partial charge in [-0.3, -0.25) is 9.59 Å². The Labute approximate surface area is 304 Å². The van der Waals surface area contributed by atoms with Crippen LogP contribution in [-0.4, -0.2) is 23.2 Å². The average molecular weight is 687 g/mol. The van der Waals surface area contributed by atoms with Gasteiger partial charge in [-0.1, -0.05) is 45.3 Å². The maximum absolute atomic E-state index is 12.7. The molecule has 4 rings (SSSR count). The normalized spacial score (nSPS) is 16.1. The minimum Gasteiger partial charge on any atom is -0.399 e. The Morgan fingerprint density at radius 1 is 0.588 bits per heavy atom. The van der Waals surface area contributed by atoms with Gasteiger partial charge < -0.3 is 22.1 Å². The van der Waals surface area contributed by atoms with Crippen molar-refractivity contribution in [3.8, 4) is 0 Å². The highest BCUT2D eigenvalue weighted by atomic mass is 16.2. The van der Waals surface area contributed by atoms with Crippen molar-refractivity contribution in [2.24, 2.45) is 15.7 Å². The van der Waals surface area contributed by atoms with Gasteiger partial charge in [0.2, 0.25) is 11.8 Å². The molecule has 0 unspecified atom stereocenters. The largest absolute Gasteiger partial charge is 0.399 e. The molecule has 2 amide bonds. The smallest absolute Gasteiger partial charge is 0.224 e. The van der Waals surface area contributed by atoms with Crippen LogP contribution in [0.4, 0.5) is 22.7 Å². The van der Waals surface area contributed by atoms with Crippen LogP contribution in [0.2, 0.25) is 0 Å². The molecule has 0 fully saturated rings. The lowest BCUT2D eigenvalue weighted by Crippen LogP contribution is -2.25. The standard InChI is InChI=1S/C43H54N6O2/c1-26-20-36(28(3)18-34(26)44)46-38-22-32(7)40(24-30(38)5)48-42(50)16-14-12-10-9-11-13-15-17-43(51)49-41-25-31(6)39(23-33(41)8)47-37-21-27(2)35(45)19-29(37)4/h18-25H,3,6,9-17,44-45H2,1-2,4-5,7-8H3,(H,48,50)(H,49,51)/b46-36-,47-39-. The summed E-state index contributed by atoms with van der Waals surface area (Å²) < 4.78 is 0. The van der Waals surface area contributed by atoms with Crippen LogP contribution < -0.4 is 22.1 Å². The molecule has 51 heavy (non-hydrogen) atoms. The lowest BCUT2D eigenvalue weighted by atomic mass is 9.98. The van der Waals surface area contributed by atoms with E-state index in [0.717, 1.165) is 129 Å². The van der Waals surface area contributed by atoms with E-state index in [0.29, 0.717) is 18.5 Å². The third kappa shape index (κ3) is 10.9. The number of rotatable bonds is 14. The highest BCUT2D eigenvalue weighted by molar-refractivity contribution is 6.14. The van der Waals surface area contributed by atoms with Crippen LogP contribution in [0.15, 0.2) is 105 Å². The monoisotopic (exact) mass is 686 g/mol. The molecule has 0 spiro atoms. The summed E-state index contributed by atoms with van der Waals surface area (Å²) in [6, 6.07) is 7.90. The van der Waals surface area contributed by atoms with Crippen molar-refractivity contribution < 1.29 is 9.59 Å². The third-order valence-electron chi connectivity index (χ3n) is 9.36. The minimum absolute atomic E-state index is 0.0111. The van der Waals surface area contributed by atoms with E-state index in [1.165, 1.54) is 0 Å². The van der Waals surface area contributed by atoms with Gasteiger partial charge in [-0.15, -0.1) is 0 Å². The zero-order valence-electron chi connectivity index (χ0n) is 31.3. The Bertz CT molecular complexity index is 1920. The van der Waals surface area contributed by atoms with Gasteiger partial charge in [-0.2, -0.15) is 0 Å². The predicted molar refractivity (Wildman–Crippen MR) is 215 cm³/mol. The van der Waals surface area contributed by atoms with Gasteiger partial charge in [0.15, 0.2) is 0 Å². The minimum atomic E-state index is 0.0111. The number of aryl methyl sites for hydroxylation is 4. The van der Waals surface area contributed by atoms with Gasteiger partial charge in [0.25, 0.3) is 0 Å². The summed E-state index contributed by atoms with van der Waals surface area (Å²) in [7, 11) is 0. The molecule has 2 aromatic carbocycles. The van der Waals surface area contributed by atoms with Crippen LogP contribution in [0.1, 0.15) is 93.9 Å². The van der Waals surface area contributed by atoms with E-state index in [2.05, 4.69) is 23.8 Å². The summed E-state index contributed by atoms with van der Waals surface area (Å²) in [6.07, 6.45) is 15.6. The van der Waals surface area contributed by atoms with Gasteiger partial charge in [0.1, 0.15) is 0 Å². The first-order valence-electron chi connectivity index (χ1n) is 17.9.